The molecular formula is C18H29F3IN5OS. The second-order valence-corrected chi connectivity index (χ2v) is 7.51. The van der Waals surface area contributed by atoms with Crippen molar-refractivity contribution in [3.05, 3.63) is 22.4 Å². The number of carbonyl (C=O) groups is 1. The summed E-state index contributed by atoms with van der Waals surface area (Å²) in [6.07, 6.45) is -3.51. The zero-order valence-corrected chi connectivity index (χ0v) is 19.8. The van der Waals surface area contributed by atoms with Crippen molar-refractivity contribution in [3.8, 4) is 0 Å². The van der Waals surface area contributed by atoms with Crippen molar-refractivity contribution in [1.82, 2.24) is 20.4 Å². The highest BCUT2D eigenvalue weighted by Crippen LogP contribution is 2.25. The Balaban J connectivity index is 0.00000420. The standard InChI is InChI=1S/C18H28F3N5OS.HI/c1-3-22-17(24-8-5-7-23-16(27)15-6-4-13-28-15)26-11-9-25(10-12-26)14(2)18(19,20)21;/h4,6,13-14H,3,5,7-12H2,1-2H3,(H,22,24)(H,23,27);1H. The fourth-order valence-electron chi connectivity index (χ4n) is 2.91. The minimum Gasteiger partial charge on any atom is -0.357 e. The van der Waals surface area contributed by atoms with Gasteiger partial charge in [0.1, 0.15) is 6.04 Å². The summed E-state index contributed by atoms with van der Waals surface area (Å²) in [6.45, 7) is 6.61. The maximum absolute atomic E-state index is 12.9. The van der Waals surface area contributed by atoms with Gasteiger partial charge in [0.25, 0.3) is 5.91 Å². The van der Waals surface area contributed by atoms with Crippen molar-refractivity contribution in [2.75, 3.05) is 45.8 Å². The van der Waals surface area contributed by atoms with Crippen LogP contribution in [0, 0.1) is 0 Å². The number of aliphatic imine (C=N–C) groups is 1. The molecule has 2 rings (SSSR count). The fraction of sp³-hybridized carbons (Fsp3) is 0.667. The summed E-state index contributed by atoms with van der Waals surface area (Å²) in [6, 6.07) is 2.18. The molecule has 2 N–H and O–H groups in total. The van der Waals surface area contributed by atoms with E-state index in [0.717, 1.165) is 0 Å². The molecule has 2 heterocycles. The average Bonchev–Trinajstić information content (AvgIpc) is 3.20. The number of piperazine rings is 1. The first-order valence-corrected chi connectivity index (χ1v) is 10.4. The Labute approximate surface area is 190 Å². The molecule has 6 nitrogen and oxygen atoms in total. The van der Waals surface area contributed by atoms with Crippen LogP contribution < -0.4 is 10.6 Å². The lowest BCUT2D eigenvalue weighted by atomic mass is 10.2. The van der Waals surface area contributed by atoms with Gasteiger partial charge in [0.15, 0.2) is 5.96 Å². The van der Waals surface area contributed by atoms with Crippen LogP contribution in [0.1, 0.15) is 29.9 Å². The number of hydrogen-bond acceptors (Lipinski definition) is 4. The second kappa shape index (κ2) is 12.6. The van der Waals surface area contributed by atoms with Crippen LogP contribution in [0.4, 0.5) is 13.2 Å². The van der Waals surface area contributed by atoms with Crippen molar-refractivity contribution in [1.29, 1.82) is 0 Å². The van der Waals surface area contributed by atoms with Gasteiger partial charge in [-0.25, -0.2) is 0 Å². The predicted octanol–water partition coefficient (Wildman–Crippen LogP) is 3.02. The molecule has 0 saturated carbocycles. The number of alkyl halides is 3. The second-order valence-electron chi connectivity index (χ2n) is 6.56. The third-order valence-corrected chi connectivity index (χ3v) is 5.47. The number of thiophene rings is 1. The van der Waals surface area contributed by atoms with Gasteiger partial charge in [-0.3, -0.25) is 14.7 Å². The van der Waals surface area contributed by atoms with Gasteiger partial charge in [-0.1, -0.05) is 6.07 Å². The third kappa shape index (κ3) is 8.28. The van der Waals surface area contributed by atoms with Crippen LogP contribution in [0.25, 0.3) is 0 Å². The van der Waals surface area contributed by atoms with Gasteiger partial charge in [0.2, 0.25) is 0 Å². The smallest absolute Gasteiger partial charge is 0.357 e. The molecule has 0 bridgehead atoms. The number of rotatable bonds is 7. The molecule has 1 aromatic heterocycles. The molecule has 1 atom stereocenters. The summed E-state index contributed by atoms with van der Waals surface area (Å²) in [7, 11) is 0. The molecule has 166 valence electrons. The van der Waals surface area contributed by atoms with Gasteiger partial charge in [-0.05, 0) is 31.7 Å². The summed E-state index contributed by atoms with van der Waals surface area (Å²) in [5.74, 6) is 0.632. The first-order chi connectivity index (χ1) is 13.3. The minimum absolute atomic E-state index is 0. The van der Waals surface area contributed by atoms with Crippen LogP contribution in [0.2, 0.25) is 0 Å². The van der Waals surface area contributed by atoms with Crippen LogP contribution in [0.15, 0.2) is 22.5 Å². The first-order valence-electron chi connectivity index (χ1n) is 9.48. The highest BCUT2D eigenvalue weighted by Gasteiger charge is 2.41. The predicted molar refractivity (Wildman–Crippen MR) is 121 cm³/mol. The zero-order chi connectivity index (χ0) is 20.6. The number of amides is 1. The van der Waals surface area contributed by atoms with Gasteiger partial charge in [0.05, 0.1) is 4.88 Å². The van der Waals surface area contributed by atoms with Crippen molar-refractivity contribution in [2.45, 2.75) is 32.5 Å². The number of nitrogens with zero attached hydrogens (tertiary/aromatic N) is 3. The van der Waals surface area contributed by atoms with E-state index in [1.54, 1.807) is 6.07 Å². The summed E-state index contributed by atoms with van der Waals surface area (Å²) in [5.41, 5.74) is 0. The highest BCUT2D eigenvalue weighted by atomic mass is 127. The summed E-state index contributed by atoms with van der Waals surface area (Å²) in [5, 5.41) is 7.91. The molecule has 1 fully saturated rings. The maximum Gasteiger partial charge on any atom is 0.403 e. The highest BCUT2D eigenvalue weighted by molar-refractivity contribution is 14.0. The van der Waals surface area contributed by atoms with E-state index in [0.29, 0.717) is 63.1 Å². The third-order valence-electron chi connectivity index (χ3n) is 4.60. The monoisotopic (exact) mass is 547 g/mol. The molecular weight excluding hydrogens is 518 g/mol. The Morgan fingerprint density at radius 3 is 2.52 bits per heavy atom. The van der Waals surface area contributed by atoms with Crippen molar-refractivity contribution < 1.29 is 18.0 Å². The van der Waals surface area contributed by atoms with Crippen LogP contribution in [-0.2, 0) is 0 Å². The van der Waals surface area contributed by atoms with Gasteiger partial charge in [-0.2, -0.15) is 13.2 Å². The average molecular weight is 547 g/mol. The minimum atomic E-state index is -4.20. The largest absolute Gasteiger partial charge is 0.403 e. The quantitative estimate of drug-likeness (QED) is 0.239. The normalized spacial score (nSPS) is 16.9. The summed E-state index contributed by atoms with van der Waals surface area (Å²) < 4.78 is 38.6. The summed E-state index contributed by atoms with van der Waals surface area (Å²) in [4.78, 5) is 20.6. The molecule has 1 unspecified atom stereocenters. The Kier molecular flexibility index (Phi) is 11.3. The van der Waals surface area contributed by atoms with E-state index in [2.05, 4.69) is 15.6 Å². The Bertz CT molecular complexity index is 634. The fourth-order valence-corrected chi connectivity index (χ4v) is 3.55. The van der Waals surface area contributed by atoms with Gasteiger partial charge < -0.3 is 15.5 Å². The Morgan fingerprint density at radius 1 is 1.28 bits per heavy atom. The van der Waals surface area contributed by atoms with Crippen LogP contribution in [-0.4, -0.2) is 79.7 Å². The SMILES string of the molecule is CCNC(=NCCCNC(=O)c1cccs1)N1CCN(C(C)C(F)(F)F)CC1.I. The Hall–Kier alpha value is -1.08. The molecule has 1 aliphatic heterocycles. The molecule has 0 spiro atoms. The number of guanidine groups is 1. The molecule has 1 aromatic rings. The molecule has 1 amide bonds. The van der Waals surface area contributed by atoms with E-state index in [1.807, 2.05) is 23.3 Å². The molecule has 11 heteroatoms. The molecule has 29 heavy (non-hydrogen) atoms. The van der Waals surface area contributed by atoms with E-state index in [9.17, 15) is 18.0 Å². The number of carbonyl (C=O) groups excluding carboxylic acids is 1. The number of hydrogen-bond donors (Lipinski definition) is 2. The van der Waals surface area contributed by atoms with Crippen molar-refractivity contribution in [3.63, 3.8) is 0 Å². The summed E-state index contributed by atoms with van der Waals surface area (Å²) >= 11 is 1.40. The van der Waals surface area contributed by atoms with Crippen LogP contribution in [0.5, 0.6) is 0 Å². The lowest BCUT2D eigenvalue weighted by Gasteiger charge is -2.39. The van der Waals surface area contributed by atoms with Gasteiger partial charge in [-0.15, -0.1) is 35.3 Å². The molecule has 0 aliphatic carbocycles. The van der Waals surface area contributed by atoms with Gasteiger partial charge in [0, 0.05) is 45.8 Å². The lowest BCUT2D eigenvalue weighted by molar-refractivity contribution is -0.181. The molecule has 1 aliphatic rings. The van der Waals surface area contributed by atoms with Crippen LogP contribution >= 0.6 is 35.3 Å². The van der Waals surface area contributed by atoms with E-state index in [-0.39, 0.29) is 29.9 Å². The van der Waals surface area contributed by atoms with E-state index in [4.69, 9.17) is 0 Å². The molecule has 0 radical (unpaired) electrons. The van der Waals surface area contributed by atoms with E-state index >= 15 is 0 Å². The van der Waals surface area contributed by atoms with E-state index < -0.39 is 12.2 Å². The van der Waals surface area contributed by atoms with Crippen molar-refractivity contribution in [2.24, 2.45) is 4.99 Å². The molecule has 0 aromatic carbocycles. The van der Waals surface area contributed by atoms with Crippen molar-refractivity contribution >= 4 is 47.2 Å². The van der Waals surface area contributed by atoms with E-state index in [1.165, 1.54) is 23.2 Å². The van der Waals surface area contributed by atoms with Crippen LogP contribution in [0.3, 0.4) is 0 Å². The lowest BCUT2D eigenvalue weighted by Crippen LogP contribution is -2.56. The maximum atomic E-state index is 12.9. The van der Waals surface area contributed by atoms with Gasteiger partial charge >= 0.3 is 6.18 Å². The molecule has 1 saturated heterocycles. The zero-order valence-electron chi connectivity index (χ0n) is 16.7. The first kappa shape index (κ1) is 26.0. The number of halogens is 4. The Morgan fingerprint density at radius 2 is 1.97 bits per heavy atom. The topological polar surface area (TPSA) is 60.0 Å². The number of nitrogens with one attached hydrogen (secondary N) is 2.